The van der Waals surface area contributed by atoms with Crippen LogP contribution in [-0.4, -0.2) is 31.0 Å². The lowest BCUT2D eigenvalue weighted by molar-refractivity contribution is -0.116. The van der Waals surface area contributed by atoms with Gasteiger partial charge in [-0.3, -0.25) is 19.0 Å². The van der Waals surface area contributed by atoms with E-state index >= 15 is 0 Å². The number of para-hydroxylation sites is 1. The number of halogens is 1. The highest BCUT2D eigenvalue weighted by atomic mass is 35.5. The minimum atomic E-state index is -0.396. The Labute approximate surface area is 175 Å². The molecule has 2 aromatic heterocycles. The molecule has 1 N–H and O–H groups in total. The van der Waals surface area contributed by atoms with Gasteiger partial charge >= 0.3 is 0 Å². The standard InChI is InChI=1S/C21H16ClN5O3/c1-13(28)14-6-8-15(9-7-14)25-19(29)11-26-12-23-20-16(21(26)30)10-24-27(20)18-5-3-2-4-17(18)22/h2-10,12H,11H2,1H3,(H,25,29). The first kappa shape index (κ1) is 19.5. The minimum absolute atomic E-state index is 0.0591. The lowest BCUT2D eigenvalue weighted by atomic mass is 10.1. The van der Waals surface area contributed by atoms with Gasteiger partial charge < -0.3 is 5.32 Å². The Kier molecular flexibility index (Phi) is 5.16. The second-order valence-electron chi connectivity index (χ2n) is 6.60. The lowest BCUT2D eigenvalue weighted by Crippen LogP contribution is -2.27. The van der Waals surface area contributed by atoms with Crippen molar-refractivity contribution in [3.63, 3.8) is 0 Å². The van der Waals surface area contributed by atoms with Crippen molar-refractivity contribution in [1.29, 1.82) is 0 Å². The number of nitrogens with zero attached hydrogens (tertiary/aromatic N) is 4. The summed E-state index contributed by atoms with van der Waals surface area (Å²) in [7, 11) is 0. The Balaban J connectivity index is 1.57. The predicted molar refractivity (Wildman–Crippen MR) is 113 cm³/mol. The molecule has 2 aromatic carbocycles. The first-order chi connectivity index (χ1) is 14.4. The zero-order chi connectivity index (χ0) is 21.3. The number of ketones is 1. The molecule has 0 aliphatic heterocycles. The summed E-state index contributed by atoms with van der Waals surface area (Å²) in [6, 6.07) is 13.6. The van der Waals surface area contributed by atoms with Gasteiger partial charge in [-0.05, 0) is 43.3 Å². The molecule has 0 aliphatic rings. The van der Waals surface area contributed by atoms with Gasteiger partial charge in [-0.25, -0.2) is 9.67 Å². The maximum Gasteiger partial charge on any atom is 0.264 e. The number of fused-ring (bicyclic) bond motifs is 1. The van der Waals surface area contributed by atoms with Crippen LogP contribution < -0.4 is 10.9 Å². The Bertz CT molecular complexity index is 1320. The number of rotatable bonds is 5. The normalized spacial score (nSPS) is 10.9. The van der Waals surface area contributed by atoms with Crippen molar-refractivity contribution >= 4 is 40.0 Å². The molecule has 0 atom stereocenters. The number of anilines is 1. The predicted octanol–water partition coefficient (Wildman–Crippen LogP) is 3.08. The fourth-order valence-electron chi connectivity index (χ4n) is 3.00. The Hall–Kier alpha value is -3.78. The molecule has 150 valence electrons. The van der Waals surface area contributed by atoms with Crippen LogP contribution in [0.1, 0.15) is 17.3 Å². The molecule has 0 aliphatic carbocycles. The van der Waals surface area contributed by atoms with E-state index in [2.05, 4.69) is 15.4 Å². The molecule has 2 heterocycles. The molecular weight excluding hydrogens is 406 g/mol. The maximum absolute atomic E-state index is 12.8. The fourth-order valence-corrected chi connectivity index (χ4v) is 3.22. The van der Waals surface area contributed by atoms with E-state index < -0.39 is 5.91 Å². The van der Waals surface area contributed by atoms with Crippen molar-refractivity contribution in [2.45, 2.75) is 13.5 Å². The van der Waals surface area contributed by atoms with Gasteiger partial charge in [-0.2, -0.15) is 5.10 Å². The smallest absolute Gasteiger partial charge is 0.264 e. The zero-order valence-electron chi connectivity index (χ0n) is 15.9. The summed E-state index contributed by atoms with van der Waals surface area (Å²) < 4.78 is 2.69. The van der Waals surface area contributed by atoms with Gasteiger partial charge in [-0.1, -0.05) is 23.7 Å². The quantitative estimate of drug-likeness (QED) is 0.499. The Morgan fingerprint density at radius 2 is 1.83 bits per heavy atom. The number of aromatic nitrogens is 4. The number of Topliss-reactive ketones (excluding diaryl/α,β-unsaturated/α-hetero) is 1. The second kappa shape index (κ2) is 7.92. The highest BCUT2D eigenvalue weighted by molar-refractivity contribution is 6.32. The highest BCUT2D eigenvalue weighted by Crippen LogP contribution is 2.21. The molecule has 9 heteroatoms. The Morgan fingerprint density at radius 3 is 2.53 bits per heavy atom. The first-order valence-electron chi connectivity index (χ1n) is 9.03. The Morgan fingerprint density at radius 1 is 1.10 bits per heavy atom. The molecule has 0 radical (unpaired) electrons. The van der Waals surface area contributed by atoms with Gasteiger partial charge in [0.25, 0.3) is 5.56 Å². The average Bonchev–Trinajstić information content (AvgIpc) is 3.15. The molecule has 0 fully saturated rings. The van der Waals surface area contributed by atoms with Crippen molar-refractivity contribution < 1.29 is 9.59 Å². The van der Waals surface area contributed by atoms with Gasteiger partial charge in [0.05, 0.1) is 16.9 Å². The number of hydrogen-bond donors (Lipinski definition) is 1. The topological polar surface area (TPSA) is 98.9 Å². The summed E-state index contributed by atoms with van der Waals surface area (Å²) in [5.74, 6) is -0.455. The van der Waals surface area contributed by atoms with E-state index in [0.717, 1.165) is 0 Å². The lowest BCUT2D eigenvalue weighted by Gasteiger charge is -2.08. The van der Waals surface area contributed by atoms with Crippen molar-refractivity contribution in [3.8, 4) is 5.69 Å². The average molecular weight is 422 g/mol. The van der Waals surface area contributed by atoms with Gasteiger partial charge in [0.1, 0.15) is 18.3 Å². The van der Waals surface area contributed by atoms with E-state index in [-0.39, 0.29) is 23.3 Å². The summed E-state index contributed by atoms with van der Waals surface area (Å²) in [6.45, 7) is 1.25. The summed E-state index contributed by atoms with van der Waals surface area (Å²) in [5.41, 5.74) is 1.64. The van der Waals surface area contributed by atoms with Crippen LogP contribution in [0, 0.1) is 0 Å². The van der Waals surface area contributed by atoms with Crippen molar-refractivity contribution in [3.05, 3.63) is 82.0 Å². The molecule has 0 spiro atoms. The van der Waals surface area contributed by atoms with Crippen LogP contribution in [-0.2, 0) is 11.3 Å². The van der Waals surface area contributed by atoms with Crippen LogP contribution in [0.4, 0.5) is 5.69 Å². The van der Waals surface area contributed by atoms with E-state index in [1.54, 1.807) is 42.5 Å². The molecule has 4 aromatic rings. The largest absolute Gasteiger partial charge is 0.325 e. The number of nitrogens with one attached hydrogen (secondary N) is 1. The van der Waals surface area contributed by atoms with Gasteiger partial charge in [0.15, 0.2) is 11.4 Å². The number of carbonyl (C=O) groups excluding carboxylic acids is 2. The van der Waals surface area contributed by atoms with E-state index in [4.69, 9.17) is 11.6 Å². The number of benzene rings is 2. The van der Waals surface area contributed by atoms with Crippen LogP contribution in [0.15, 0.2) is 65.8 Å². The third-order valence-electron chi connectivity index (χ3n) is 4.52. The van der Waals surface area contributed by atoms with E-state index in [0.29, 0.717) is 27.6 Å². The molecule has 0 saturated heterocycles. The molecule has 4 rings (SSSR count). The van der Waals surface area contributed by atoms with Crippen LogP contribution in [0.2, 0.25) is 5.02 Å². The summed E-state index contributed by atoms with van der Waals surface area (Å²) in [5, 5.41) is 7.67. The maximum atomic E-state index is 12.8. The number of hydrogen-bond acceptors (Lipinski definition) is 5. The van der Waals surface area contributed by atoms with Crippen molar-refractivity contribution in [1.82, 2.24) is 19.3 Å². The molecule has 30 heavy (non-hydrogen) atoms. The van der Waals surface area contributed by atoms with Crippen LogP contribution in [0.3, 0.4) is 0 Å². The third-order valence-corrected chi connectivity index (χ3v) is 4.84. The summed E-state index contributed by atoms with van der Waals surface area (Å²) in [6.07, 6.45) is 2.71. The zero-order valence-corrected chi connectivity index (χ0v) is 16.6. The molecular formula is C21H16ClN5O3. The van der Waals surface area contributed by atoms with Gasteiger partial charge in [-0.15, -0.1) is 0 Å². The van der Waals surface area contributed by atoms with E-state index in [1.807, 2.05) is 6.07 Å². The van der Waals surface area contributed by atoms with Crippen LogP contribution in [0.5, 0.6) is 0 Å². The highest BCUT2D eigenvalue weighted by Gasteiger charge is 2.14. The molecule has 0 bridgehead atoms. The third kappa shape index (κ3) is 3.72. The van der Waals surface area contributed by atoms with E-state index in [9.17, 15) is 14.4 Å². The summed E-state index contributed by atoms with van der Waals surface area (Å²) in [4.78, 5) is 40.8. The first-order valence-corrected chi connectivity index (χ1v) is 9.41. The number of carbonyl (C=O) groups is 2. The van der Waals surface area contributed by atoms with Crippen LogP contribution >= 0.6 is 11.6 Å². The molecule has 1 amide bonds. The SMILES string of the molecule is CC(=O)c1ccc(NC(=O)Cn2cnc3c(cnn3-c3ccccc3Cl)c2=O)cc1. The van der Waals surface area contributed by atoms with Gasteiger partial charge in [0.2, 0.25) is 5.91 Å². The van der Waals surface area contributed by atoms with Crippen molar-refractivity contribution in [2.24, 2.45) is 0 Å². The molecule has 0 unspecified atom stereocenters. The van der Waals surface area contributed by atoms with E-state index in [1.165, 1.54) is 28.7 Å². The van der Waals surface area contributed by atoms with Gasteiger partial charge in [0, 0.05) is 11.3 Å². The molecule has 8 nitrogen and oxygen atoms in total. The minimum Gasteiger partial charge on any atom is -0.325 e. The molecule has 0 saturated carbocycles. The van der Waals surface area contributed by atoms with Crippen molar-refractivity contribution in [2.75, 3.05) is 5.32 Å². The fraction of sp³-hybridized carbons (Fsp3) is 0.0952. The summed E-state index contributed by atoms with van der Waals surface area (Å²) >= 11 is 6.22. The second-order valence-corrected chi connectivity index (χ2v) is 7.01. The van der Waals surface area contributed by atoms with Crippen LogP contribution in [0.25, 0.3) is 16.7 Å². The monoisotopic (exact) mass is 421 g/mol. The number of amides is 1.